The number of hydrogen-bond acceptors (Lipinski definition) is 4. The van der Waals surface area contributed by atoms with Gasteiger partial charge in [-0.2, -0.15) is 11.8 Å². The van der Waals surface area contributed by atoms with Crippen LogP contribution >= 0.6 is 11.8 Å². The lowest BCUT2D eigenvalue weighted by Crippen LogP contribution is -2.25. The van der Waals surface area contributed by atoms with Crippen LogP contribution in [-0.2, 0) is 0 Å². The summed E-state index contributed by atoms with van der Waals surface area (Å²) in [5.41, 5.74) is 7.82. The number of rotatable bonds is 3. The van der Waals surface area contributed by atoms with Gasteiger partial charge in [-0.15, -0.1) is 0 Å². The average molecular weight is 280 g/mol. The molecule has 104 valence electrons. The van der Waals surface area contributed by atoms with E-state index < -0.39 is 5.97 Å². The number of carboxylic acid groups (broad SMARTS) is 1. The molecule has 1 atom stereocenters. The van der Waals surface area contributed by atoms with Gasteiger partial charge in [0.05, 0.1) is 16.9 Å². The lowest BCUT2D eigenvalue weighted by atomic mass is 10.1. The SMILES string of the molecule is CSC1CCCN(c2cc(C(=O)O)ccc2N)CC1. The van der Waals surface area contributed by atoms with E-state index in [0.717, 1.165) is 31.6 Å². The molecule has 2 rings (SSSR count). The third-order valence-electron chi connectivity index (χ3n) is 3.63. The summed E-state index contributed by atoms with van der Waals surface area (Å²) < 4.78 is 0. The van der Waals surface area contributed by atoms with Gasteiger partial charge in [0.2, 0.25) is 0 Å². The first-order chi connectivity index (χ1) is 9.11. The number of carboxylic acids is 1. The molecule has 3 N–H and O–H groups in total. The minimum absolute atomic E-state index is 0.301. The first-order valence-corrected chi connectivity index (χ1v) is 7.81. The van der Waals surface area contributed by atoms with E-state index in [1.165, 1.54) is 6.42 Å². The molecule has 0 aliphatic carbocycles. The van der Waals surface area contributed by atoms with E-state index >= 15 is 0 Å². The predicted molar refractivity (Wildman–Crippen MR) is 81.2 cm³/mol. The fraction of sp³-hybridized carbons (Fsp3) is 0.500. The summed E-state index contributed by atoms with van der Waals surface area (Å²) in [4.78, 5) is 13.3. The van der Waals surface area contributed by atoms with Crippen LogP contribution in [0.25, 0.3) is 0 Å². The van der Waals surface area contributed by atoms with Crippen LogP contribution in [0.5, 0.6) is 0 Å². The average Bonchev–Trinajstić information content (AvgIpc) is 2.64. The van der Waals surface area contributed by atoms with Crippen LogP contribution in [0, 0.1) is 0 Å². The topological polar surface area (TPSA) is 66.6 Å². The highest BCUT2D eigenvalue weighted by Gasteiger charge is 2.18. The van der Waals surface area contributed by atoms with Gasteiger partial charge in [-0.05, 0) is 43.7 Å². The number of nitrogen functional groups attached to an aromatic ring is 1. The van der Waals surface area contributed by atoms with Crippen LogP contribution in [-0.4, -0.2) is 35.7 Å². The molecular formula is C14H20N2O2S. The maximum absolute atomic E-state index is 11.1. The molecule has 1 aliphatic rings. The van der Waals surface area contributed by atoms with Crippen molar-refractivity contribution in [3.63, 3.8) is 0 Å². The molecule has 0 amide bonds. The summed E-state index contributed by atoms with van der Waals surface area (Å²) in [6, 6.07) is 4.94. The lowest BCUT2D eigenvalue weighted by Gasteiger charge is -2.24. The van der Waals surface area contributed by atoms with Crippen LogP contribution < -0.4 is 10.6 Å². The van der Waals surface area contributed by atoms with Crippen LogP contribution in [0.15, 0.2) is 18.2 Å². The van der Waals surface area contributed by atoms with E-state index in [4.69, 9.17) is 10.8 Å². The molecule has 1 aromatic carbocycles. The van der Waals surface area contributed by atoms with Gasteiger partial charge in [-0.1, -0.05) is 0 Å². The Kier molecular flexibility index (Phi) is 4.58. The Balaban J connectivity index is 2.20. The van der Waals surface area contributed by atoms with Crippen LogP contribution in [0.3, 0.4) is 0 Å². The Labute approximate surface area is 118 Å². The number of thioether (sulfide) groups is 1. The molecule has 4 nitrogen and oxygen atoms in total. The molecule has 0 radical (unpaired) electrons. The van der Waals surface area contributed by atoms with Crippen LogP contribution in [0.4, 0.5) is 11.4 Å². The highest BCUT2D eigenvalue weighted by atomic mass is 32.2. The first kappa shape index (κ1) is 14.1. The number of nitrogens with zero attached hydrogens (tertiary/aromatic N) is 1. The van der Waals surface area contributed by atoms with E-state index in [1.807, 2.05) is 11.8 Å². The van der Waals surface area contributed by atoms with Gasteiger partial charge in [0.15, 0.2) is 0 Å². The molecule has 5 heteroatoms. The Hall–Kier alpha value is -1.36. The number of anilines is 2. The molecule has 1 heterocycles. The summed E-state index contributed by atoms with van der Waals surface area (Å²) in [7, 11) is 0. The van der Waals surface area contributed by atoms with Gasteiger partial charge in [-0.3, -0.25) is 0 Å². The van der Waals surface area contributed by atoms with Gasteiger partial charge >= 0.3 is 5.97 Å². The normalized spacial score (nSPS) is 20.1. The Morgan fingerprint density at radius 2 is 2.21 bits per heavy atom. The Morgan fingerprint density at radius 3 is 2.89 bits per heavy atom. The Bertz CT molecular complexity index is 465. The van der Waals surface area contributed by atoms with Gasteiger partial charge in [-0.25, -0.2) is 4.79 Å². The van der Waals surface area contributed by atoms with Gasteiger partial charge in [0, 0.05) is 18.3 Å². The number of carbonyl (C=O) groups is 1. The van der Waals surface area contributed by atoms with Crippen molar-refractivity contribution in [3.8, 4) is 0 Å². The third kappa shape index (κ3) is 3.35. The predicted octanol–water partition coefficient (Wildman–Crippen LogP) is 2.69. The highest BCUT2D eigenvalue weighted by Crippen LogP contribution is 2.29. The summed E-state index contributed by atoms with van der Waals surface area (Å²) >= 11 is 1.92. The Morgan fingerprint density at radius 1 is 1.42 bits per heavy atom. The summed E-state index contributed by atoms with van der Waals surface area (Å²) in [5.74, 6) is -0.905. The molecular weight excluding hydrogens is 260 g/mol. The molecule has 1 aromatic rings. The summed E-state index contributed by atoms with van der Waals surface area (Å²) in [6.07, 6.45) is 5.62. The van der Waals surface area contributed by atoms with Gasteiger partial charge in [0.25, 0.3) is 0 Å². The van der Waals surface area contributed by atoms with Crippen molar-refractivity contribution >= 4 is 29.1 Å². The van der Waals surface area contributed by atoms with E-state index in [2.05, 4.69) is 11.2 Å². The third-order valence-corrected chi connectivity index (χ3v) is 4.76. The second-order valence-corrected chi connectivity index (χ2v) is 5.99. The molecule has 0 aromatic heterocycles. The summed E-state index contributed by atoms with van der Waals surface area (Å²) in [5, 5.41) is 9.77. The maximum Gasteiger partial charge on any atom is 0.335 e. The smallest absolute Gasteiger partial charge is 0.335 e. The number of hydrogen-bond donors (Lipinski definition) is 2. The van der Waals surface area contributed by atoms with Gasteiger partial charge in [0.1, 0.15) is 0 Å². The summed E-state index contributed by atoms with van der Waals surface area (Å²) in [6.45, 7) is 1.89. The molecule has 1 aliphatic heterocycles. The number of aromatic carboxylic acids is 1. The zero-order valence-electron chi connectivity index (χ0n) is 11.1. The van der Waals surface area contributed by atoms with Crippen molar-refractivity contribution in [2.24, 2.45) is 0 Å². The lowest BCUT2D eigenvalue weighted by molar-refractivity contribution is 0.0697. The van der Waals surface area contributed by atoms with E-state index in [-0.39, 0.29) is 0 Å². The standard InChI is InChI=1S/C14H20N2O2S/c1-19-11-3-2-7-16(8-6-11)13-9-10(14(17)18)4-5-12(13)15/h4-5,9,11H,2-3,6-8,15H2,1H3,(H,17,18). The van der Waals surface area contributed by atoms with Crippen molar-refractivity contribution in [2.75, 3.05) is 30.0 Å². The van der Waals surface area contributed by atoms with E-state index in [0.29, 0.717) is 16.5 Å². The van der Waals surface area contributed by atoms with E-state index in [1.54, 1.807) is 18.2 Å². The van der Waals surface area contributed by atoms with Crippen molar-refractivity contribution in [2.45, 2.75) is 24.5 Å². The monoisotopic (exact) mass is 280 g/mol. The molecule has 0 saturated carbocycles. The van der Waals surface area contributed by atoms with Crippen molar-refractivity contribution in [1.29, 1.82) is 0 Å². The minimum Gasteiger partial charge on any atom is -0.478 e. The zero-order valence-corrected chi connectivity index (χ0v) is 11.9. The van der Waals surface area contributed by atoms with Crippen molar-refractivity contribution in [3.05, 3.63) is 23.8 Å². The van der Waals surface area contributed by atoms with Gasteiger partial charge < -0.3 is 15.7 Å². The fourth-order valence-electron chi connectivity index (χ4n) is 2.49. The molecule has 0 spiro atoms. The number of benzene rings is 1. The second-order valence-electron chi connectivity index (χ2n) is 4.85. The van der Waals surface area contributed by atoms with Crippen molar-refractivity contribution < 1.29 is 9.90 Å². The highest BCUT2D eigenvalue weighted by molar-refractivity contribution is 7.99. The quantitative estimate of drug-likeness (QED) is 0.833. The van der Waals surface area contributed by atoms with Crippen molar-refractivity contribution in [1.82, 2.24) is 0 Å². The minimum atomic E-state index is -0.905. The molecule has 1 fully saturated rings. The fourth-order valence-corrected chi connectivity index (χ4v) is 3.24. The molecule has 19 heavy (non-hydrogen) atoms. The van der Waals surface area contributed by atoms with E-state index in [9.17, 15) is 4.79 Å². The maximum atomic E-state index is 11.1. The largest absolute Gasteiger partial charge is 0.478 e. The van der Waals surface area contributed by atoms with Crippen LogP contribution in [0.2, 0.25) is 0 Å². The zero-order chi connectivity index (χ0) is 13.8. The molecule has 0 bridgehead atoms. The molecule has 1 unspecified atom stereocenters. The molecule has 1 saturated heterocycles. The first-order valence-electron chi connectivity index (χ1n) is 6.52. The number of nitrogens with two attached hydrogens (primary N) is 1. The van der Waals surface area contributed by atoms with Crippen LogP contribution in [0.1, 0.15) is 29.6 Å². The second kappa shape index (κ2) is 6.19.